The highest BCUT2D eigenvalue weighted by atomic mass is 16.5. The fourth-order valence-corrected chi connectivity index (χ4v) is 5.65. The number of esters is 2. The van der Waals surface area contributed by atoms with Crippen LogP contribution in [-0.2, 0) is 23.9 Å². The molecule has 0 aromatic rings. The number of rotatable bonds is 9. The van der Waals surface area contributed by atoms with Crippen molar-refractivity contribution < 1.29 is 44.3 Å². The molecular weight excluding hydrogens is 494 g/mol. The number of nitrogens with one attached hydrogen (secondary N) is 1. The maximum absolute atomic E-state index is 12.9. The lowest BCUT2D eigenvalue weighted by Crippen LogP contribution is -2.44. The van der Waals surface area contributed by atoms with Crippen molar-refractivity contribution in [2.45, 2.75) is 130 Å². The van der Waals surface area contributed by atoms with Crippen molar-refractivity contribution in [1.29, 1.82) is 0 Å². The van der Waals surface area contributed by atoms with Gasteiger partial charge in [0, 0.05) is 12.8 Å². The summed E-state index contributed by atoms with van der Waals surface area (Å²) in [7, 11) is 0. The Morgan fingerprint density at radius 1 is 1.03 bits per heavy atom. The van der Waals surface area contributed by atoms with Crippen LogP contribution in [0.25, 0.3) is 0 Å². The third kappa shape index (κ3) is 11.2. The number of carbonyl (C=O) groups is 3. The molecule has 5 N–H and O–H groups in total. The molecule has 10 nitrogen and oxygen atoms in total. The van der Waals surface area contributed by atoms with E-state index in [0.717, 1.165) is 0 Å². The topological polar surface area (TPSA) is 163 Å². The molecule has 1 rings (SSSR count). The maximum atomic E-state index is 12.9. The lowest BCUT2D eigenvalue weighted by atomic mass is 9.78. The molecule has 0 saturated carbocycles. The van der Waals surface area contributed by atoms with Gasteiger partial charge in [0.1, 0.15) is 18.2 Å². The molecule has 0 spiro atoms. The second kappa shape index (κ2) is 15.7. The van der Waals surface area contributed by atoms with Crippen LogP contribution < -0.4 is 5.32 Å². The number of hydrogen-bond acceptors (Lipinski definition) is 9. The van der Waals surface area contributed by atoms with Crippen LogP contribution in [0.3, 0.4) is 0 Å². The minimum absolute atomic E-state index is 0.0541. The van der Waals surface area contributed by atoms with E-state index in [2.05, 4.69) is 5.32 Å². The van der Waals surface area contributed by atoms with Crippen LogP contribution in [0.5, 0.6) is 0 Å². The number of aliphatic hydroxyl groups excluding tert-OH is 4. The molecule has 1 amide bonds. The normalized spacial score (nSPS) is 32.6. The van der Waals surface area contributed by atoms with E-state index in [9.17, 15) is 34.8 Å². The molecule has 0 bridgehead atoms. The van der Waals surface area contributed by atoms with Crippen LogP contribution in [0.15, 0.2) is 0 Å². The Hall–Kier alpha value is -1.75. The smallest absolute Gasteiger partial charge is 0.328 e. The molecule has 12 atom stereocenters. The lowest BCUT2D eigenvalue weighted by molar-refractivity contribution is -0.160. The van der Waals surface area contributed by atoms with Crippen molar-refractivity contribution in [1.82, 2.24) is 5.32 Å². The third-order valence-electron chi connectivity index (χ3n) is 7.75. The Labute approximate surface area is 227 Å². The summed E-state index contributed by atoms with van der Waals surface area (Å²) in [6, 6.07) is -0.915. The minimum Gasteiger partial charge on any atom is -0.462 e. The molecule has 0 unspecified atom stereocenters. The van der Waals surface area contributed by atoms with Gasteiger partial charge in [-0.1, -0.05) is 34.6 Å². The van der Waals surface area contributed by atoms with Gasteiger partial charge in [-0.2, -0.15) is 0 Å². The Balaban J connectivity index is 3.17. The van der Waals surface area contributed by atoms with Gasteiger partial charge in [0.25, 0.3) is 0 Å². The lowest BCUT2D eigenvalue weighted by Gasteiger charge is -2.37. The summed E-state index contributed by atoms with van der Waals surface area (Å²) >= 11 is 0. The SMILES string of the molecule is CC(=O)O[C@H]([C@H](C)[C@H](O)C[C@H](C)O)[C@@H](C)C[C@H](C)[C@@H]1OC(=O)[C@@H](C)NC(=O)C[C@@H](O)C[C@H](O)[C@H](C)C[C@H]1C. The van der Waals surface area contributed by atoms with Crippen LogP contribution in [0.2, 0.25) is 0 Å². The Morgan fingerprint density at radius 3 is 2.18 bits per heavy atom. The van der Waals surface area contributed by atoms with E-state index in [0.29, 0.717) is 12.8 Å². The van der Waals surface area contributed by atoms with Crippen molar-refractivity contribution in [2.75, 3.05) is 0 Å². The Kier molecular flexibility index (Phi) is 14.2. The molecular formula is C28H51NO9. The van der Waals surface area contributed by atoms with E-state index in [1.54, 1.807) is 13.8 Å². The Morgan fingerprint density at radius 2 is 1.63 bits per heavy atom. The van der Waals surface area contributed by atoms with Crippen LogP contribution in [0.4, 0.5) is 0 Å². The van der Waals surface area contributed by atoms with Crippen molar-refractivity contribution in [3.8, 4) is 0 Å². The Bertz CT molecular complexity index is 761. The highest BCUT2D eigenvalue weighted by Gasteiger charge is 2.37. The number of cyclic esters (lactones) is 1. The van der Waals surface area contributed by atoms with Crippen LogP contribution in [0, 0.1) is 29.6 Å². The van der Waals surface area contributed by atoms with Crippen molar-refractivity contribution >= 4 is 17.8 Å². The van der Waals surface area contributed by atoms with E-state index in [1.165, 1.54) is 13.8 Å². The van der Waals surface area contributed by atoms with Crippen LogP contribution >= 0.6 is 0 Å². The van der Waals surface area contributed by atoms with Gasteiger partial charge in [0.05, 0.1) is 30.8 Å². The molecule has 0 aromatic heterocycles. The molecule has 10 heteroatoms. The summed E-state index contributed by atoms with van der Waals surface area (Å²) < 4.78 is 11.6. The molecule has 222 valence electrons. The molecule has 1 aliphatic heterocycles. The first-order valence-corrected chi connectivity index (χ1v) is 13.9. The van der Waals surface area contributed by atoms with Gasteiger partial charge in [-0.05, 0) is 63.2 Å². The van der Waals surface area contributed by atoms with Crippen molar-refractivity contribution in [2.24, 2.45) is 29.6 Å². The fourth-order valence-electron chi connectivity index (χ4n) is 5.65. The van der Waals surface area contributed by atoms with Gasteiger partial charge in [-0.15, -0.1) is 0 Å². The van der Waals surface area contributed by atoms with E-state index < -0.39 is 66.4 Å². The second-order valence-electron chi connectivity index (χ2n) is 11.8. The summed E-state index contributed by atoms with van der Waals surface area (Å²) in [4.78, 5) is 37.1. The third-order valence-corrected chi connectivity index (χ3v) is 7.75. The van der Waals surface area contributed by atoms with E-state index in [1.807, 2.05) is 27.7 Å². The van der Waals surface area contributed by atoms with Crippen LogP contribution in [-0.4, -0.2) is 80.9 Å². The van der Waals surface area contributed by atoms with E-state index in [4.69, 9.17) is 9.47 Å². The molecule has 0 aromatic carbocycles. The number of hydrogen-bond donors (Lipinski definition) is 5. The fraction of sp³-hybridized carbons (Fsp3) is 0.893. The van der Waals surface area contributed by atoms with Gasteiger partial charge in [-0.3, -0.25) is 9.59 Å². The first-order valence-electron chi connectivity index (χ1n) is 13.9. The molecule has 1 aliphatic rings. The largest absolute Gasteiger partial charge is 0.462 e. The number of aliphatic hydroxyl groups is 4. The number of amides is 1. The van der Waals surface area contributed by atoms with E-state index >= 15 is 0 Å². The highest BCUT2D eigenvalue weighted by molar-refractivity contribution is 5.84. The maximum Gasteiger partial charge on any atom is 0.328 e. The summed E-state index contributed by atoms with van der Waals surface area (Å²) in [5.41, 5.74) is 0. The van der Waals surface area contributed by atoms with Crippen molar-refractivity contribution in [3.05, 3.63) is 0 Å². The molecule has 38 heavy (non-hydrogen) atoms. The predicted molar refractivity (Wildman–Crippen MR) is 142 cm³/mol. The molecule has 1 saturated heterocycles. The second-order valence-corrected chi connectivity index (χ2v) is 11.8. The zero-order valence-electron chi connectivity index (χ0n) is 24.3. The average molecular weight is 546 g/mol. The van der Waals surface area contributed by atoms with Gasteiger partial charge in [-0.25, -0.2) is 4.79 Å². The monoisotopic (exact) mass is 545 g/mol. The van der Waals surface area contributed by atoms with Gasteiger partial charge in [0.2, 0.25) is 5.91 Å². The van der Waals surface area contributed by atoms with Crippen molar-refractivity contribution in [3.63, 3.8) is 0 Å². The highest BCUT2D eigenvalue weighted by Crippen LogP contribution is 2.33. The molecule has 0 radical (unpaired) electrons. The zero-order valence-corrected chi connectivity index (χ0v) is 24.3. The van der Waals surface area contributed by atoms with Gasteiger partial charge < -0.3 is 35.2 Å². The number of carbonyl (C=O) groups excluding carboxylic acids is 3. The first-order chi connectivity index (χ1) is 17.5. The summed E-state index contributed by atoms with van der Waals surface area (Å²) in [6.07, 6.45) is -3.59. The van der Waals surface area contributed by atoms with Crippen LogP contribution in [0.1, 0.15) is 87.5 Å². The standard InChI is InChI=1S/C28H51NO9/c1-14-9-15(2)26(38-28(36)20(7)29-25(35)13-22(32)12-23(14)33)16(3)10-17(4)27(37-21(8)31)19(6)24(34)11-18(5)30/h14-20,22-24,26-27,30,32-34H,9-13H2,1-8H3,(H,29,35)/t14-,15-,16+,17+,18+,19-,20-,22+,23+,24-,26-,27+/m1/s1. The van der Waals surface area contributed by atoms with E-state index in [-0.39, 0.29) is 42.9 Å². The predicted octanol–water partition coefficient (Wildman–Crippen LogP) is 1.94. The molecule has 0 aliphatic carbocycles. The zero-order chi connectivity index (χ0) is 29.3. The summed E-state index contributed by atoms with van der Waals surface area (Å²) in [5, 5.41) is 43.7. The van der Waals surface area contributed by atoms with Gasteiger partial charge in [0.15, 0.2) is 0 Å². The average Bonchev–Trinajstić information content (AvgIpc) is 2.78. The minimum atomic E-state index is -1.02. The quantitative estimate of drug-likeness (QED) is 0.273. The summed E-state index contributed by atoms with van der Waals surface area (Å²) in [6.45, 7) is 13.9. The molecule has 1 fully saturated rings. The van der Waals surface area contributed by atoms with Gasteiger partial charge >= 0.3 is 11.9 Å². The summed E-state index contributed by atoms with van der Waals surface area (Å²) in [5.74, 6) is -2.76. The number of ether oxygens (including phenoxy) is 2. The molecule has 1 heterocycles. The first kappa shape index (κ1) is 34.3.